The highest BCUT2D eigenvalue weighted by Gasteiger charge is 2.31. The maximum atomic E-state index is 12.8. The van der Waals surface area contributed by atoms with E-state index in [-0.39, 0.29) is 17.4 Å². The normalized spacial score (nSPS) is 18.2. The predicted octanol–water partition coefficient (Wildman–Crippen LogP) is 2.36. The number of nitrogens with one attached hydrogen (secondary N) is 1. The predicted molar refractivity (Wildman–Crippen MR) is 123 cm³/mol. The van der Waals surface area contributed by atoms with Gasteiger partial charge in [-0.15, -0.1) is 0 Å². The summed E-state index contributed by atoms with van der Waals surface area (Å²) in [5.41, 5.74) is 3.23. The lowest BCUT2D eigenvalue weighted by molar-refractivity contribution is 0.0784. The van der Waals surface area contributed by atoms with Crippen LogP contribution in [0.15, 0.2) is 53.5 Å². The van der Waals surface area contributed by atoms with Crippen LogP contribution in [0.1, 0.15) is 45.5 Å². The molecule has 1 atom stereocenters. The maximum absolute atomic E-state index is 12.8. The van der Waals surface area contributed by atoms with Crippen molar-refractivity contribution in [2.45, 2.75) is 31.8 Å². The van der Waals surface area contributed by atoms with Crippen molar-refractivity contribution in [2.24, 2.45) is 0 Å². The Balaban J connectivity index is 1.29. The van der Waals surface area contributed by atoms with E-state index in [4.69, 9.17) is 9.72 Å². The van der Waals surface area contributed by atoms with E-state index in [9.17, 15) is 9.59 Å². The zero-order chi connectivity index (χ0) is 22.8. The third-order valence-electron chi connectivity index (χ3n) is 6.48. The molecule has 0 bridgehead atoms. The summed E-state index contributed by atoms with van der Waals surface area (Å²) in [5.74, 6) is 1.46. The second kappa shape index (κ2) is 9.15. The van der Waals surface area contributed by atoms with E-state index in [1.807, 2.05) is 18.2 Å². The first kappa shape index (κ1) is 21.3. The molecule has 170 valence electrons. The van der Waals surface area contributed by atoms with Gasteiger partial charge < -0.3 is 14.6 Å². The van der Waals surface area contributed by atoms with Gasteiger partial charge in [0.15, 0.2) is 0 Å². The molecule has 2 aliphatic heterocycles. The van der Waals surface area contributed by atoms with Gasteiger partial charge in [-0.3, -0.25) is 19.5 Å². The fraction of sp³-hybridized carbons (Fsp3) is 0.360. The van der Waals surface area contributed by atoms with Crippen molar-refractivity contribution in [3.8, 4) is 5.75 Å². The van der Waals surface area contributed by atoms with Crippen molar-refractivity contribution in [1.82, 2.24) is 24.8 Å². The molecule has 2 aliphatic rings. The Kier molecular flexibility index (Phi) is 5.92. The van der Waals surface area contributed by atoms with Crippen molar-refractivity contribution in [2.75, 3.05) is 26.7 Å². The van der Waals surface area contributed by atoms with Gasteiger partial charge in [-0.1, -0.05) is 18.2 Å². The van der Waals surface area contributed by atoms with Crippen molar-refractivity contribution in [3.05, 3.63) is 87.4 Å². The van der Waals surface area contributed by atoms with Crippen molar-refractivity contribution in [3.63, 3.8) is 0 Å². The topological polar surface area (TPSA) is 91.4 Å². The SMILES string of the molecule is COc1ccc(CN2CCc3c(nc([C@H]4CCN(C(=O)c5ccccn5)C4)[nH]c3=O)C2)cc1. The summed E-state index contributed by atoms with van der Waals surface area (Å²) in [6, 6.07) is 13.4. The molecule has 2 aromatic heterocycles. The summed E-state index contributed by atoms with van der Waals surface area (Å²) in [6.45, 7) is 3.42. The average molecular weight is 446 g/mol. The van der Waals surface area contributed by atoms with Crippen molar-refractivity contribution in [1.29, 1.82) is 0 Å². The smallest absolute Gasteiger partial charge is 0.272 e. The monoisotopic (exact) mass is 445 g/mol. The first-order valence-electron chi connectivity index (χ1n) is 11.3. The molecule has 1 aromatic carbocycles. The third-order valence-corrected chi connectivity index (χ3v) is 6.48. The lowest BCUT2D eigenvalue weighted by atomic mass is 10.0. The van der Waals surface area contributed by atoms with Crippen LogP contribution in [0.4, 0.5) is 0 Å². The minimum absolute atomic E-state index is 0.0210. The summed E-state index contributed by atoms with van der Waals surface area (Å²) in [4.78, 5) is 41.7. The second-order valence-electron chi connectivity index (χ2n) is 8.64. The Morgan fingerprint density at radius 2 is 2.03 bits per heavy atom. The fourth-order valence-electron chi connectivity index (χ4n) is 4.65. The number of H-pyrrole nitrogens is 1. The zero-order valence-corrected chi connectivity index (χ0v) is 18.7. The highest BCUT2D eigenvalue weighted by Crippen LogP contribution is 2.27. The molecule has 1 fully saturated rings. The zero-order valence-electron chi connectivity index (χ0n) is 18.7. The summed E-state index contributed by atoms with van der Waals surface area (Å²) >= 11 is 0. The van der Waals surface area contributed by atoms with Gasteiger partial charge >= 0.3 is 0 Å². The van der Waals surface area contributed by atoms with Crippen LogP contribution in [-0.4, -0.2) is 57.4 Å². The van der Waals surface area contributed by atoms with Gasteiger partial charge in [0.25, 0.3) is 11.5 Å². The largest absolute Gasteiger partial charge is 0.497 e. The molecule has 0 saturated carbocycles. The number of nitrogens with zero attached hydrogens (tertiary/aromatic N) is 4. The molecule has 5 rings (SSSR count). The molecule has 4 heterocycles. The number of fused-ring (bicyclic) bond motifs is 1. The number of amides is 1. The number of ether oxygens (including phenoxy) is 1. The Morgan fingerprint density at radius 1 is 1.18 bits per heavy atom. The highest BCUT2D eigenvalue weighted by molar-refractivity contribution is 5.92. The number of carbonyl (C=O) groups excluding carboxylic acids is 1. The van der Waals surface area contributed by atoms with E-state index >= 15 is 0 Å². The van der Waals surface area contributed by atoms with Crippen LogP contribution in [0.3, 0.4) is 0 Å². The van der Waals surface area contributed by atoms with Crippen LogP contribution in [0, 0.1) is 0 Å². The fourth-order valence-corrected chi connectivity index (χ4v) is 4.65. The average Bonchev–Trinajstić information content (AvgIpc) is 3.35. The molecule has 1 saturated heterocycles. The van der Waals surface area contributed by atoms with Gasteiger partial charge in [0.2, 0.25) is 0 Å². The number of rotatable bonds is 5. The first-order valence-corrected chi connectivity index (χ1v) is 11.3. The Labute approximate surface area is 192 Å². The standard InChI is InChI=1S/C25H27N5O3/c1-33-19-7-5-17(6-8-19)14-29-12-10-20-22(16-29)27-23(28-24(20)31)18-9-13-30(15-18)25(32)21-4-2-3-11-26-21/h2-8,11,18H,9-10,12-16H2,1H3,(H,27,28,31)/t18-/m0/s1. The van der Waals surface area contributed by atoms with Crippen LogP contribution in [0.5, 0.6) is 5.75 Å². The molecule has 0 unspecified atom stereocenters. The number of carbonyl (C=O) groups is 1. The quantitative estimate of drug-likeness (QED) is 0.648. The van der Waals surface area contributed by atoms with Crippen LogP contribution < -0.4 is 10.3 Å². The summed E-state index contributed by atoms with van der Waals surface area (Å²) in [7, 11) is 1.66. The summed E-state index contributed by atoms with van der Waals surface area (Å²) < 4.78 is 5.24. The maximum Gasteiger partial charge on any atom is 0.272 e. The van der Waals surface area contributed by atoms with Crippen LogP contribution in [0.25, 0.3) is 0 Å². The van der Waals surface area contributed by atoms with E-state index in [1.165, 1.54) is 5.56 Å². The Hall–Kier alpha value is -3.52. The lowest BCUT2D eigenvalue weighted by Crippen LogP contribution is -2.36. The number of hydrogen-bond acceptors (Lipinski definition) is 6. The number of aromatic amines is 1. The van der Waals surface area contributed by atoms with Gasteiger partial charge in [-0.2, -0.15) is 0 Å². The van der Waals surface area contributed by atoms with E-state index in [2.05, 4.69) is 27.0 Å². The van der Waals surface area contributed by atoms with E-state index < -0.39 is 0 Å². The molecular formula is C25H27N5O3. The van der Waals surface area contributed by atoms with Crippen molar-refractivity contribution >= 4 is 5.91 Å². The molecule has 1 N–H and O–H groups in total. The van der Waals surface area contributed by atoms with Crippen LogP contribution in [0.2, 0.25) is 0 Å². The van der Waals surface area contributed by atoms with Crippen LogP contribution >= 0.6 is 0 Å². The second-order valence-corrected chi connectivity index (χ2v) is 8.64. The molecular weight excluding hydrogens is 418 g/mol. The van der Waals surface area contributed by atoms with E-state index in [1.54, 1.807) is 30.3 Å². The molecule has 0 aliphatic carbocycles. The van der Waals surface area contributed by atoms with Gasteiger partial charge in [0.1, 0.15) is 17.3 Å². The molecule has 8 heteroatoms. The number of hydrogen-bond donors (Lipinski definition) is 1. The number of benzene rings is 1. The number of aromatic nitrogens is 3. The van der Waals surface area contributed by atoms with Crippen molar-refractivity contribution < 1.29 is 9.53 Å². The van der Waals surface area contributed by atoms with Gasteiger partial charge in [-0.25, -0.2) is 4.98 Å². The number of pyridine rings is 1. The van der Waals surface area contributed by atoms with E-state index in [0.29, 0.717) is 37.6 Å². The summed E-state index contributed by atoms with van der Waals surface area (Å²) in [6.07, 6.45) is 3.08. The number of methoxy groups -OCH3 is 1. The molecule has 1 amide bonds. The van der Waals surface area contributed by atoms with Gasteiger partial charge in [-0.05, 0) is 42.7 Å². The molecule has 33 heavy (non-hydrogen) atoms. The first-order chi connectivity index (χ1) is 16.1. The van der Waals surface area contributed by atoms with Crippen LogP contribution in [-0.2, 0) is 19.5 Å². The van der Waals surface area contributed by atoms with Gasteiger partial charge in [0.05, 0.1) is 12.8 Å². The molecule has 8 nitrogen and oxygen atoms in total. The summed E-state index contributed by atoms with van der Waals surface area (Å²) in [5, 5.41) is 0. The molecule has 0 radical (unpaired) electrons. The third kappa shape index (κ3) is 4.52. The minimum atomic E-state index is -0.0796. The molecule has 3 aromatic rings. The van der Waals surface area contributed by atoms with E-state index in [0.717, 1.165) is 36.5 Å². The minimum Gasteiger partial charge on any atom is -0.497 e. The lowest BCUT2D eigenvalue weighted by Gasteiger charge is -2.28. The Morgan fingerprint density at radius 3 is 2.79 bits per heavy atom. The highest BCUT2D eigenvalue weighted by atomic mass is 16.5. The Bertz CT molecular complexity index is 1190. The van der Waals surface area contributed by atoms with Gasteiger partial charge in [0, 0.05) is 50.4 Å². The molecule has 0 spiro atoms. The number of likely N-dealkylation sites (tertiary alicyclic amines) is 1.